The van der Waals surface area contributed by atoms with E-state index in [2.05, 4.69) is 34.2 Å². The predicted octanol–water partition coefficient (Wildman–Crippen LogP) is 3.12. The Bertz CT molecular complexity index is 403. The topological polar surface area (TPSA) is 30.5 Å². The Labute approximate surface area is 117 Å². The second-order valence-electron chi connectivity index (χ2n) is 4.96. The maximum Gasteiger partial charge on any atom is 0.119 e. The summed E-state index contributed by atoms with van der Waals surface area (Å²) >= 11 is 3.56. The first kappa shape index (κ1) is 13.8. The van der Waals surface area contributed by atoms with Crippen LogP contribution in [0.5, 0.6) is 5.75 Å². The maximum atomic E-state index is 5.75. The molecule has 1 fully saturated rings. The lowest BCUT2D eigenvalue weighted by Gasteiger charge is -2.23. The average Bonchev–Trinajstić information content (AvgIpc) is 2.79. The molecule has 0 amide bonds. The molecule has 18 heavy (non-hydrogen) atoms. The number of hydrogen-bond donors (Lipinski definition) is 1. The lowest BCUT2D eigenvalue weighted by atomic mass is 10.0. The average molecular weight is 314 g/mol. The van der Waals surface area contributed by atoms with Gasteiger partial charge in [-0.25, -0.2) is 0 Å². The number of benzene rings is 1. The Morgan fingerprint density at radius 1 is 1.50 bits per heavy atom. The van der Waals surface area contributed by atoms with Gasteiger partial charge in [0, 0.05) is 24.2 Å². The van der Waals surface area contributed by atoms with Crippen molar-refractivity contribution < 1.29 is 9.47 Å². The number of nitrogens with one attached hydrogen (secondary N) is 1. The molecule has 0 saturated carbocycles. The molecule has 100 valence electrons. The van der Waals surface area contributed by atoms with E-state index < -0.39 is 0 Å². The minimum Gasteiger partial charge on any atom is -0.497 e. The molecule has 1 unspecified atom stereocenters. The first-order valence-corrected chi connectivity index (χ1v) is 7.09. The Hall–Kier alpha value is -0.580. The number of ether oxygens (including phenoxy) is 2. The molecule has 1 aliphatic rings. The zero-order chi connectivity index (χ0) is 13.0. The quantitative estimate of drug-likeness (QED) is 0.906. The molecule has 0 spiro atoms. The standard InChI is InChI=1S/C14H20BrNO2/c1-14(6-3-7-18-14)10-16-9-11-8-12(17-2)4-5-13(11)15/h4-5,8,16H,3,6-7,9-10H2,1-2H3. The third-order valence-electron chi connectivity index (χ3n) is 3.37. The van der Waals surface area contributed by atoms with E-state index in [4.69, 9.17) is 9.47 Å². The Morgan fingerprint density at radius 2 is 2.33 bits per heavy atom. The van der Waals surface area contributed by atoms with Crippen molar-refractivity contribution in [3.63, 3.8) is 0 Å². The molecule has 3 nitrogen and oxygen atoms in total. The molecule has 1 aromatic carbocycles. The van der Waals surface area contributed by atoms with E-state index in [1.165, 1.54) is 12.0 Å². The van der Waals surface area contributed by atoms with Crippen LogP contribution in [0.25, 0.3) is 0 Å². The van der Waals surface area contributed by atoms with Gasteiger partial charge in [-0.15, -0.1) is 0 Å². The first-order chi connectivity index (χ1) is 8.63. The SMILES string of the molecule is COc1ccc(Br)c(CNCC2(C)CCCO2)c1. The minimum atomic E-state index is 0.00530. The summed E-state index contributed by atoms with van der Waals surface area (Å²) in [5.41, 5.74) is 1.21. The molecule has 1 aromatic rings. The van der Waals surface area contributed by atoms with Crippen molar-refractivity contribution in [2.45, 2.75) is 31.9 Å². The Balaban J connectivity index is 1.89. The van der Waals surface area contributed by atoms with Crippen LogP contribution < -0.4 is 10.1 Å². The Morgan fingerprint density at radius 3 is 3.00 bits per heavy atom. The molecule has 0 aromatic heterocycles. The molecule has 1 aliphatic heterocycles. The summed E-state index contributed by atoms with van der Waals surface area (Å²) in [5, 5.41) is 3.47. The second kappa shape index (κ2) is 6.04. The zero-order valence-electron chi connectivity index (χ0n) is 11.0. The van der Waals surface area contributed by atoms with Crippen LogP contribution in [0.1, 0.15) is 25.3 Å². The van der Waals surface area contributed by atoms with Gasteiger partial charge in [0.2, 0.25) is 0 Å². The van der Waals surface area contributed by atoms with Gasteiger partial charge in [-0.1, -0.05) is 15.9 Å². The number of hydrogen-bond acceptors (Lipinski definition) is 3. The van der Waals surface area contributed by atoms with Gasteiger partial charge in [-0.2, -0.15) is 0 Å². The number of methoxy groups -OCH3 is 1. The van der Waals surface area contributed by atoms with E-state index in [0.717, 1.165) is 36.3 Å². The molecule has 1 atom stereocenters. The normalized spacial score (nSPS) is 23.3. The fourth-order valence-corrected chi connectivity index (χ4v) is 2.64. The summed E-state index contributed by atoms with van der Waals surface area (Å²) in [4.78, 5) is 0. The van der Waals surface area contributed by atoms with Gasteiger partial charge in [0.05, 0.1) is 12.7 Å². The van der Waals surface area contributed by atoms with Crippen molar-refractivity contribution in [1.29, 1.82) is 0 Å². The van der Waals surface area contributed by atoms with E-state index in [9.17, 15) is 0 Å². The largest absolute Gasteiger partial charge is 0.497 e. The van der Waals surface area contributed by atoms with E-state index in [1.807, 2.05) is 12.1 Å². The molecule has 2 rings (SSSR count). The first-order valence-electron chi connectivity index (χ1n) is 6.30. The van der Waals surface area contributed by atoms with Crippen molar-refractivity contribution in [3.8, 4) is 5.75 Å². The number of rotatable bonds is 5. The van der Waals surface area contributed by atoms with Gasteiger partial charge >= 0.3 is 0 Å². The summed E-state index contributed by atoms with van der Waals surface area (Å²) in [5.74, 6) is 0.887. The van der Waals surface area contributed by atoms with Crippen molar-refractivity contribution in [2.75, 3.05) is 20.3 Å². The molecule has 4 heteroatoms. The molecule has 0 radical (unpaired) electrons. The fraction of sp³-hybridized carbons (Fsp3) is 0.571. The molecule has 1 N–H and O–H groups in total. The van der Waals surface area contributed by atoms with E-state index >= 15 is 0 Å². The molecule has 1 heterocycles. The summed E-state index contributed by atoms with van der Waals surface area (Å²) in [6.07, 6.45) is 2.31. The summed E-state index contributed by atoms with van der Waals surface area (Å²) in [6, 6.07) is 6.02. The maximum absolute atomic E-state index is 5.75. The third kappa shape index (κ3) is 3.46. The fourth-order valence-electron chi connectivity index (χ4n) is 2.25. The van der Waals surface area contributed by atoms with E-state index in [1.54, 1.807) is 7.11 Å². The zero-order valence-corrected chi connectivity index (χ0v) is 12.5. The van der Waals surface area contributed by atoms with Gasteiger partial charge in [-0.3, -0.25) is 0 Å². The lowest BCUT2D eigenvalue weighted by Crippen LogP contribution is -2.36. The monoisotopic (exact) mass is 313 g/mol. The van der Waals surface area contributed by atoms with Crippen LogP contribution >= 0.6 is 15.9 Å². The van der Waals surface area contributed by atoms with Gasteiger partial charge in [-0.05, 0) is 43.5 Å². The number of halogens is 1. The van der Waals surface area contributed by atoms with Crippen LogP contribution in [0, 0.1) is 0 Å². The van der Waals surface area contributed by atoms with Crippen molar-refractivity contribution in [3.05, 3.63) is 28.2 Å². The van der Waals surface area contributed by atoms with E-state index in [0.29, 0.717) is 0 Å². The second-order valence-corrected chi connectivity index (χ2v) is 5.82. The van der Waals surface area contributed by atoms with Gasteiger partial charge < -0.3 is 14.8 Å². The highest BCUT2D eigenvalue weighted by molar-refractivity contribution is 9.10. The van der Waals surface area contributed by atoms with Crippen molar-refractivity contribution >= 4 is 15.9 Å². The predicted molar refractivity (Wildman–Crippen MR) is 76.0 cm³/mol. The van der Waals surface area contributed by atoms with Crippen LogP contribution in [0.3, 0.4) is 0 Å². The third-order valence-corrected chi connectivity index (χ3v) is 4.14. The smallest absolute Gasteiger partial charge is 0.119 e. The van der Waals surface area contributed by atoms with Gasteiger partial charge in [0.1, 0.15) is 5.75 Å². The highest BCUT2D eigenvalue weighted by Crippen LogP contribution is 2.25. The summed E-state index contributed by atoms with van der Waals surface area (Å²) < 4.78 is 12.1. The summed E-state index contributed by atoms with van der Waals surface area (Å²) in [6.45, 7) is 4.77. The molecule has 1 saturated heterocycles. The molecular formula is C14H20BrNO2. The molecular weight excluding hydrogens is 294 g/mol. The van der Waals surface area contributed by atoms with Gasteiger partial charge in [0.15, 0.2) is 0 Å². The van der Waals surface area contributed by atoms with Gasteiger partial charge in [0.25, 0.3) is 0 Å². The van der Waals surface area contributed by atoms with Crippen molar-refractivity contribution in [2.24, 2.45) is 0 Å². The van der Waals surface area contributed by atoms with Crippen LogP contribution in [-0.2, 0) is 11.3 Å². The molecule has 0 bridgehead atoms. The van der Waals surface area contributed by atoms with Crippen LogP contribution in [-0.4, -0.2) is 25.9 Å². The molecule has 0 aliphatic carbocycles. The minimum absolute atomic E-state index is 0.00530. The highest BCUT2D eigenvalue weighted by Gasteiger charge is 2.28. The highest BCUT2D eigenvalue weighted by atomic mass is 79.9. The summed E-state index contributed by atoms with van der Waals surface area (Å²) in [7, 11) is 1.69. The van der Waals surface area contributed by atoms with E-state index in [-0.39, 0.29) is 5.60 Å². The van der Waals surface area contributed by atoms with Crippen LogP contribution in [0.15, 0.2) is 22.7 Å². The van der Waals surface area contributed by atoms with Crippen molar-refractivity contribution in [1.82, 2.24) is 5.32 Å². The Kier molecular flexibility index (Phi) is 4.65. The lowest BCUT2D eigenvalue weighted by molar-refractivity contribution is 0.0206. The van der Waals surface area contributed by atoms with Crippen LogP contribution in [0.2, 0.25) is 0 Å². The van der Waals surface area contributed by atoms with Crippen LogP contribution in [0.4, 0.5) is 0 Å².